The van der Waals surface area contributed by atoms with Gasteiger partial charge >= 0.3 is 0 Å². The molecule has 3 rings (SSSR count). The van der Waals surface area contributed by atoms with Gasteiger partial charge in [0.1, 0.15) is 17.1 Å². The minimum Gasteiger partial charge on any atom is -0.361 e. The van der Waals surface area contributed by atoms with Crippen molar-refractivity contribution in [3.63, 3.8) is 0 Å². The van der Waals surface area contributed by atoms with E-state index in [0.29, 0.717) is 23.4 Å². The second-order valence-corrected chi connectivity index (χ2v) is 6.19. The molecule has 26 heavy (non-hydrogen) atoms. The van der Waals surface area contributed by atoms with Crippen LogP contribution in [0.2, 0.25) is 0 Å². The van der Waals surface area contributed by atoms with Crippen molar-refractivity contribution in [3.05, 3.63) is 88.6 Å². The van der Waals surface area contributed by atoms with Crippen LogP contribution in [0.4, 0.5) is 4.39 Å². The molecule has 1 amide bonds. The van der Waals surface area contributed by atoms with Crippen LogP contribution in [0, 0.1) is 12.7 Å². The summed E-state index contributed by atoms with van der Waals surface area (Å²) in [7, 11) is 1.75. The molecule has 4 nitrogen and oxygen atoms in total. The maximum absolute atomic E-state index is 13.4. The molecule has 0 N–H and O–H groups in total. The van der Waals surface area contributed by atoms with Crippen LogP contribution in [-0.2, 0) is 6.42 Å². The predicted octanol–water partition coefficient (Wildman–Crippen LogP) is 4.55. The summed E-state index contributed by atoms with van der Waals surface area (Å²) < 4.78 is 18.6. The molecule has 2 aromatic carbocycles. The number of benzene rings is 2. The number of amides is 1. The molecule has 1 heterocycles. The first-order chi connectivity index (χ1) is 12.5. The Morgan fingerprint density at radius 1 is 1.12 bits per heavy atom. The molecule has 0 bridgehead atoms. The summed E-state index contributed by atoms with van der Waals surface area (Å²) in [6, 6.07) is 15.6. The lowest BCUT2D eigenvalue weighted by molar-refractivity contribution is 0.0752. The van der Waals surface area contributed by atoms with Gasteiger partial charge in [-0.1, -0.05) is 54.5 Å². The topological polar surface area (TPSA) is 46.3 Å². The second kappa shape index (κ2) is 7.52. The van der Waals surface area contributed by atoms with Crippen molar-refractivity contribution in [2.75, 3.05) is 7.05 Å². The van der Waals surface area contributed by atoms with Crippen LogP contribution in [0.25, 0.3) is 0 Å². The number of nitrogens with zero attached hydrogens (tertiary/aromatic N) is 2. The third-order valence-corrected chi connectivity index (χ3v) is 4.49. The maximum atomic E-state index is 13.4. The highest BCUT2D eigenvalue weighted by Gasteiger charge is 2.29. The molecule has 134 valence electrons. The van der Waals surface area contributed by atoms with Gasteiger partial charge in [0.2, 0.25) is 0 Å². The third kappa shape index (κ3) is 3.38. The first kappa shape index (κ1) is 17.9. The van der Waals surface area contributed by atoms with Gasteiger partial charge in [-0.25, -0.2) is 4.39 Å². The van der Waals surface area contributed by atoms with Crippen molar-refractivity contribution in [1.82, 2.24) is 10.1 Å². The van der Waals surface area contributed by atoms with Gasteiger partial charge < -0.3 is 9.42 Å². The van der Waals surface area contributed by atoms with Gasteiger partial charge in [-0.3, -0.25) is 4.79 Å². The Hall–Kier alpha value is -2.95. The number of aryl methyl sites for hydroxylation is 2. The average molecular weight is 352 g/mol. The quantitative estimate of drug-likeness (QED) is 0.677. The van der Waals surface area contributed by atoms with Crippen LogP contribution < -0.4 is 0 Å². The first-order valence-corrected chi connectivity index (χ1v) is 8.55. The zero-order valence-corrected chi connectivity index (χ0v) is 15.1. The molecule has 1 atom stereocenters. The first-order valence-electron chi connectivity index (χ1n) is 8.55. The minimum absolute atomic E-state index is 0.168. The van der Waals surface area contributed by atoms with Gasteiger partial charge in [0.05, 0.1) is 11.7 Å². The Morgan fingerprint density at radius 3 is 2.35 bits per heavy atom. The Morgan fingerprint density at radius 2 is 1.73 bits per heavy atom. The molecule has 0 saturated carbocycles. The molecular weight excluding hydrogens is 331 g/mol. The molecule has 0 aliphatic heterocycles. The molecule has 0 fully saturated rings. The van der Waals surface area contributed by atoms with Gasteiger partial charge in [-0.05, 0) is 36.6 Å². The summed E-state index contributed by atoms with van der Waals surface area (Å²) in [6.45, 7) is 3.67. The van der Waals surface area contributed by atoms with Crippen LogP contribution in [0.5, 0.6) is 0 Å². The lowest BCUT2D eigenvalue weighted by atomic mass is 9.96. The summed E-state index contributed by atoms with van der Waals surface area (Å²) in [6.07, 6.45) is 0.610. The smallest absolute Gasteiger partial charge is 0.259 e. The SMILES string of the molecule is CCc1noc(C)c1C(=O)N(C)C(c1ccccc1)c1ccc(F)cc1. The molecule has 0 spiro atoms. The second-order valence-electron chi connectivity index (χ2n) is 6.19. The van der Waals surface area contributed by atoms with Gasteiger partial charge in [0, 0.05) is 7.05 Å². The number of aromatic nitrogens is 1. The average Bonchev–Trinajstić information content (AvgIpc) is 3.04. The Bertz CT molecular complexity index is 888. The highest BCUT2D eigenvalue weighted by molar-refractivity contribution is 5.96. The van der Waals surface area contributed by atoms with E-state index in [1.165, 1.54) is 12.1 Å². The van der Waals surface area contributed by atoms with Gasteiger partial charge in [-0.15, -0.1) is 0 Å². The van der Waals surface area contributed by atoms with Crippen molar-refractivity contribution in [3.8, 4) is 0 Å². The zero-order valence-electron chi connectivity index (χ0n) is 15.1. The van der Waals surface area contributed by atoms with E-state index in [2.05, 4.69) is 5.16 Å². The van der Waals surface area contributed by atoms with Crippen molar-refractivity contribution < 1.29 is 13.7 Å². The van der Waals surface area contributed by atoms with Crippen molar-refractivity contribution in [2.24, 2.45) is 0 Å². The summed E-state index contributed by atoms with van der Waals surface area (Å²) in [5, 5.41) is 3.98. The van der Waals surface area contributed by atoms with Gasteiger partial charge in [0.15, 0.2) is 0 Å². The fraction of sp³-hybridized carbons (Fsp3) is 0.238. The molecule has 0 aliphatic carbocycles. The summed E-state index contributed by atoms with van der Waals surface area (Å²) in [4.78, 5) is 14.9. The lowest BCUT2D eigenvalue weighted by Crippen LogP contribution is -2.32. The molecule has 0 saturated heterocycles. The molecular formula is C21H21FN2O2. The summed E-state index contributed by atoms with van der Waals surface area (Å²) >= 11 is 0. The number of halogens is 1. The molecule has 1 unspecified atom stereocenters. The highest BCUT2D eigenvalue weighted by atomic mass is 19.1. The minimum atomic E-state index is -0.344. The number of carbonyl (C=O) groups is 1. The van der Waals surface area contributed by atoms with Gasteiger partial charge in [0.25, 0.3) is 5.91 Å². The van der Waals surface area contributed by atoms with E-state index in [-0.39, 0.29) is 17.8 Å². The molecule has 3 aromatic rings. The Kier molecular flexibility index (Phi) is 5.16. The monoisotopic (exact) mass is 352 g/mol. The van der Waals surface area contributed by atoms with Crippen LogP contribution >= 0.6 is 0 Å². The number of carbonyl (C=O) groups excluding carboxylic acids is 1. The van der Waals surface area contributed by atoms with E-state index < -0.39 is 0 Å². The van der Waals surface area contributed by atoms with Crippen LogP contribution in [-0.4, -0.2) is 23.0 Å². The van der Waals surface area contributed by atoms with Crippen molar-refractivity contribution in [2.45, 2.75) is 26.3 Å². The van der Waals surface area contributed by atoms with Crippen molar-refractivity contribution in [1.29, 1.82) is 0 Å². The normalized spacial score (nSPS) is 12.0. The van der Waals surface area contributed by atoms with Gasteiger partial charge in [-0.2, -0.15) is 0 Å². The highest BCUT2D eigenvalue weighted by Crippen LogP contribution is 2.30. The largest absolute Gasteiger partial charge is 0.361 e. The molecule has 0 aliphatic rings. The fourth-order valence-electron chi connectivity index (χ4n) is 3.15. The van der Waals surface area contributed by atoms with Crippen LogP contribution in [0.1, 0.15) is 45.9 Å². The number of hydrogen-bond donors (Lipinski definition) is 0. The predicted molar refractivity (Wildman–Crippen MR) is 97.4 cm³/mol. The Balaban J connectivity index is 2.05. The number of hydrogen-bond acceptors (Lipinski definition) is 3. The fourth-order valence-corrected chi connectivity index (χ4v) is 3.15. The number of rotatable bonds is 5. The van der Waals surface area contributed by atoms with Crippen LogP contribution in [0.3, 0.4) is 0 Å². The van der Waals surface area contributed by atoms with E-state index in [9.17, 15) is 9.18 Å². The maximum Gasteiger partial charge on any atom is 0.259 e. The lowest BCUT2D eigenvalue weighted by Gasteiger charge is -2.29. The van der Waals surface area contributed by atoms with E-state index in [1.807, 2.05) is 37.3 Å². The molecule has 1 aromatic heterocycles. The van der Waals surface area contributed by atoms with E-state index >= 15 is 0 Å². The third-order valence-electron chi connectivity index (χ3n) is 4.49. The standard InChI is InChI=1S/C21H21FN2O2/c1-4-18-19(14(2)26-23-18)21(25)24(3)20(15-8-6-5-7-9-15)16-10-12-17(22)13-11-16/h5-13,20H,4H2,1-3H3. The van der Waals surface area contributed by atoms with E-state index in [0.717, 1.165) is 11.1 Å². The van der Waals surface area contributed by atoms with Crippen LogP contribution in [0.15, 0.2) is 59.1 Å². The van der Waals surface area contributed by atoms with Crippen molar-refractivity contribution >= 4 is 5.91 Å². The molecule has 5 heteroatoms. The summed E-state index contributed by atoms with van der Waals surface area (Å²) in [5.74, 6) is 0.0288. The summed E-state index contributed by atoms with van der Waals surface area (Å²) in [5.41, 5.74) is 2.92. The van der Waals surface area contributed by atoms with E-state index in [1.54, 1.807) is 31.0 Å². The Labute approximate surface area is 152 Å². The van der Waals surface area contributed by atoms with E-state index in [4.69, 9.17) is 4.52 Å². The molecule has 0 radical (unpaired) electrons. The zero-order chi connectivity index (χ0) is 18.7.